The van der Waals surface area contributed by atoms with Crippen LogP contribution >= 0.6 is 11.6 Å². The number of aromatic nitrogens is 2. The van der Waals surface area contributed by atoms with E-state index in [0.717, 1.165) is 41.1 Å². The number of nitrogens with zero attached hydrogens (tertiary/aromatic N) is 2. The standard InChI is InChI=1S/C28H33ClN4O2.C2H6.2CH2O/c1-19-10-9-11-22(16-19)35-25-14-13-21(17-23(25)29)33-26-20(2)24(31-18-32-26)12-7-6-8-15-30-27(34)28(3,4)5;3*1-2/h7,9-14,16-18H,6,8,15H2,1-5H3,(H,30,34)(H,31,32,33);1-2H3;2*1H2/b12-7-;;;. The number of aryl methyl sites for hydroxylation is 1. The first-order chi connectivity index (χ1) is 19.6. The van der Waals surface area contributed by atoms with E-state index in [1.165, 1.54) is 6.33 Å². The van der Waals surface area contributed by atoms with Crippen LogP contribution in [0.15, 0.2) is 54.9 Å². The highest BCUT2D eigenvalue weighted by Gasteiger charge is 2.20. The van der Waals surface area contributed by atoms with Gasteiger partial charge in [-0.2, -0.15) is 0 Å². The van der Waals surface area contributed by atoms with Crippen LogP contribution in [0, 0.1) is 19.3 Å². The number of hydrogen-bond donors (Lipinski definition) is 2. The number of allylic oxidation sites excluding steroid dienone is 1. The normalized spacial score (nSPS) is 10.1. The highest BCUT2D eigenvalue weighted by atomic mass is 35.5. The summed E-state index contributed by atoms with van der Waals surface area (Å²) in [5.74, 6) is 2.11. The molecule has 222 valence electrons. The Morgan fingerprint density at radius 1 is 1.02 bits per heavy atom. The van der Waals surface area contributed by atoms with Gasteiger partial charge in [0, 0.05) is 23.2 Å². The molecule has 1 aromatic heterocycles. The third kappa shape index (κ3) is 13.2. The lowest BCUT2D eigenvalue weighted by molar-refractivity contribution is -0.128. The van der Waals surface area contributed by atoms with E-state index in [1.54, 1.807) is 0 Å². The topological polar surface area (TPSA) is 110 Å². The Kier molecular flexibility index (Phi) is 18.0. The number of anilines is 2. The average Bonchev–Trinajstić information content (AvgIpc) is 2.96. The van der Waals surface area contributed by atoms with E-state index in [9.17, 15) is 4.79 Å². The van der Waals surface area contributed by atoms with Crippen LogP contribution in [0.25, 0.3) is 6.08 Å². The first-order valence-electron chi connectivity index (χ1n) is 13.3. The number of amides is 1. The molecule has 0 spiro atoms. The highest BCUT2D eigenvalue weighted by molar-refractivity contribution is 6.32. The van der Waals surface area contributed by atoms with E-state index in [4.69, 9.17) is 25.9 Å². The number of hydrogen-bond acceptors (Lipinski definition) is 7. The van der Waals surface area contributed by atoms with Gasteiger partial charge in [0.25, 0.3) is 0 Å². The number of ether oxygens (including phenoxy) is 1. The molecule has 3 rings (SSSR count). The second-order valence-electron chi connectivity index (χ2n) is 9.47. The molecule has 0 fully saturated rings. The monoisotopic (exact) mass is 582 g/mol. The fourth-order valence-electron chi connectivity index (χ4n) is 3.24. The van der Waals surface area contributed by atoms with Crippen molar-refractivity contribution in [1.82, 2.24) is 15.3 Å². The number of nitrogens with one attached hydrogen (secondary N) is 2. The molecule has 1 heterocycles. The van der Waals surface area contributed by atoms with E-state index in [1.807, 2.05) is 111 Å². The molecule has 2 N–H and O–H groups in total. The summed E-state index contributed by atoms with van der Waals surface area (Å²) in [6.45, 7) is 18.4. The van der Waals surface area contributed by atoms with E-state index in [-0.39, 0.29) is 11.3 Å². The molecule has 0 aliphatic carbocycles. The Balaban J connectivity index is 0.00000250. The summed E-state index contributed by atoms with van der Waals surface area (Å²) in [5.41, 5.74) is 3.33. The Morgan fingerprint density at radius 2 is 1.71 bits per heavy atom. The summed E-state index contributed by atoms with van der Waals surface area (Å²) in [6, 6.07) is 13.4. The number of carbonyl (C=O) groups is 3. The Labute approximate surface area is 249 Å². The Hall–Kier alpha value is -4.04. The minimum absolute atomic E-state index is 0.0682. The van der Waals surface area contributed by atoms with Gasteiger partial charge in [0.1, 0.15) is 37.2 Å². The second kappa shape index (κ2) is 19.9. The largest absolute Gasteiger partial charge is 0.456 e. The maximum absolute atomic E-state index is 11.9. The Bertz CT molecular complexity index is 1240. The number of carbonyl (C=O) groups excluding carboxylic acids is 3. The van der Waals surface area contributed by atoms with Crippen LogP contribution in [0.5, 0.6) is 11.5 Å². The van der Waals surface area contributed by atoms with Crippen LogP contribution in [-0.2, 0) is 14.4 Å². The zero-order valence-electron chi connectivity index (χ0n) is 25.2. The van der Waals surface area contributed by atoms with Crippen molar-refractivity contribution in [3.05, 3.63) is 76.7 Å². The van der Waals surface area contributed by atoms with Gasteiger partial charge < -0.3 is 25.0 Å². The fourth-order valence-corrected chi connectivity index (χ4v) is 3.46. The van der Waals surface area contributed by atoms with Crippen molar-refractivity contribution in [2.45, 2.75) is 61.3 Å². The van der Waals surface area contributed by atoms with E-state index < -0.39 is 0 Å². The van der Waals surface area contributed by atoms with Crippen LogP contribution < -0.4 is 15.4 Å². The molecule has 0 unspecified atom stereocenters. The van der Waals surface area contributed by atoms with Crippen LogP contribution in [-0.4, -0.2) is 36.0 Å². The summed E-state index contributed by atoms with van der Waals surface area (Å²) in [6.07, 6.45) is 7.29. The molecule has 2 aromatic carbocycles. The number of rotatable bonds is 9. The molecule has 3 aromatic rings. The van der Waals surface area contributed by atoms with Crippen LogP contribution in [0.3, 0.4) is 0 Å². The molecule has 0 radical (unpaired) electrons. The van der Waals surface area contributed by atoms with Gasteiger partial charge in [-0.25, -0.2) is 9.97 Å². The number of unbranched alkanes of at least 4 members (excludes halogenated alkanes) is 1. The lowest BCUT2D eigenvalue weighted by Crippen LogP contribution is -2.35. The molecule has 0 aliphatic rings. The first kappa shape index (κ1) is 37.0. The summed E-state index contributed by atoms with van der Waals surface area (Å²) < 4.78 is 5.92. The smallest absolute Gasteiger partial charge is 0.225 e. The molecular weight excluding hydrogens is 540 g/mol. The van der Waals surface area contributed by atoms with Crippen LogP contribution in [0.4, 0.5) is 11.5 Å². The lowest BCUT2D eigenvalue weighted by atomic mass is 9.96. The highest BCUT2D eigenvalue weighted by Crippen LogP contribution is 2.33. The third-order valence-corrected chi connectivity index (χ3v) is 5.62. The molecule has 0 bridgehead atoms. The van der Waals surface area contributed by atoms with E-state index in [2.05, 4.69) is 26.7 Å². The quantitative estimate of drug-likeness (QED) is 0.247. The van der Waals surface area contributed by atoms with Gasteiger partial charge in [-0.3, -0.25) is 4.79 Å². The molecule has 0 atom stereocenters. The van der Waals surface area contributed by atoms with Gasteiger partial charge in [0.15, 0.2) is 0 Å². The van der Waals surface area contributed by atoms with Crippen LogP contribution in [0.1, 0.15) is 64.3 Å². The summed E-state index contributed by atoms with van der Waals surface area (Å²) in [5, 5.41) is 6.79. The van der Waals surface area contributed by atoms with Gasteiger partial charge in [0.05, 0.1) is 10.7 Å². The summed E-state index contributed by atoms with van der Waals surface area (Å²) in [4.78, 5) is 36.7. The summed E-state index contributed by atoms with van der Waals surface area (Å²) >= 11 is 6.48. The molecule has 9 heteroatoms. The van der Waals surface area contributed by atoms with Gasteiger partial charge in [-0.05, 0) is 68.7 Å². The van der Waals surface area contributed by atoms with Crippen molar-refractivity contribution in [2.75, 3.05) is 11.9 Å². The minimum Gasteiger partial charge on any atom is -0.456 e. The molecule has 8 nitrogen and oxygen atoms in total. The van der Waals surface area contributed by atoms with Crippen molar-refractivity contribution in [3.63, 3.8) is 0 Å². The van der Waals surface area contributed by atoms with Crippen molar-refractivity contribution in [3.8, 4) is 11.5 Å². The van der Waals surface area contributed by atoms with Crippen molar-refractivity contribution in [1.29, 1.82) is 0 Å². The summed E-state index contributed by atoms with van der Waals surface area (Å²) in [7, 11) is 0. The van der Waals surface area contributed by atoms with E-state index >= 15 is 0 Å². The van der Waals surface area contributed by atoms with Gasteiger partial charge >= 0.3 is 0 Å². The predicted molar refractivity (Wildman–Crippen MR) is 169 cm³/mol. The molecule has 0 saturated carbocycles. The molecule has 0 aliphatic heterocycles. The Morgan fingerprint density at radius 3 is 2.32 bits per heavy atom. The van der Waals surface area contributed by atoms with Crippen molar-refractivity contribution >= 4 is 48.7 Å². The number of halogens is 1. The van der Waals surface area contributed by atoms with Crippen LogP contribution in [0.2, 0.25) is 5.02 Å². The maximum Gasteiger partial charge on any atom is 0.225 e. The minimum atomic E-state index is -0.365. The third-order valence-electron chi connectivity index (χ3n) is 5.33. The zero-order chi connectivity index (χ0) is 31.4. The van der Waals surface area contributed by atoms with Crippen molar-refractivity contribution in [2.24, 2.45) is 5.41 Å². The fraction of sp³-hybridized carbons (Fsp3) is 0.344. The van der Waals surface area contributed by atoms with Crippen molar-refractivity contribution < 1.29 is 19.1 Å². The predicted octanol–water partition coefficient (Wildman–Crippen LogP) is 7.89. The molecular formula is C32H43ClN4O4. The van der Waals surface area contributed by atoms with Gasteiger partial charge in [-0.15, -0.1) is 0 Å². The zero-order valence-corrected chi connectivity index (χ0v) is 26.0. The maximum atomic E-state index is 11.9. The average molecular weight is 583 g/mol. The molecule has 0 saturated heterocycles. The molecule has 1 amide bonds. The lowest BCUT2D eigenvalue weighted by Gasteiger charge is -2.17. The van der Waals surface area contributed by atoms with Gasteiger partial charge in [0.2, 0.25) is 5.91 Å². The van der Waals surface area contributed by atoms with E-state index in [0.29, 0.717) is 23.1 Å². The first-order valence-corrected chi connectivity index (χ1v) is 13.7. The SMILES string of the molecule is C=O.C=O.CC.Cc1cccc(Oc2ccc(Nc3ncnc(/C=C\CCCNC(=O)C(C)(C)C)c3C)cc2Cl)c1. The second-order valence-corrected chi connectivity index (χ2v) is 9.88. The number of benzene rings is 2. The molecule has 41 heavy (non-hydrogen) atoms. The van der Waals surface area contributed by atoms with Gasteiger partial charge in [-0.1, -0.05) is 64.4 Å².